The van der Waals surface area contributed by atoms with Gasteiger partial charge in [0.25, 0.3) is 0 Å². The largest absolute Gasteiger partial charge is 0.508 e. The van der Waals surface area contributed by atoms with E-state index in [0.29, 0.717) is 23.4 Å². The summed E-state index contributed by atoms with van der Waals surface area (Å²) in [6.07, 6.45) is -1.73. The van der Waals surface area contributed by atoms with Crippen LogP contribution in [-0.4, -0.2) is 35.6 Å². The van der Waals surface area contributed by atoms with E-state index < -0.39 is 18.3 Å². The summed E-state index contributed by atoms with van der Waals surface area (Å²) < 4.78 is 11.2. The number of nitrogens with zero attached hydrogens (tertiary/aromatic N) is 1. The molecule has 0 spiro atoms. The number of ether oxygens (including phenoxy) is 2. The first-order valence-corrected chi connectivity index (χ1v) is 8.56. The van der Waals surface area contributed by atoms with Crippen molar-refractivity contribution in [3.05, 3.63) is 59.7 Å². The van der Waals surface area contributed by atoms with Crippen LogP contribution >= 0.6 is 0 Å². The maximum Gasteiger partial charge on any atom is 0.412 e. The molecular weight excluding hydrogens is 348 g/mol. The summed E-state index contributed by atoms with van der Waals surface area (Å²) in [5.41, 5.74) is 1.60. The number of hydrogen-bond donors (Lipinski definition) is 3. The van der Waals surface area contributed by atoms with Gasteiger partial charge in [0.1, 0.15) is 11.9 Å². The Morgan fingerprint density at radius 2 is 1.85 bits per heavy atom. The van der Waals surface area contributed by atoms with Gasteiger partial charge in [0.05, 0.1) is 11.6 Å². The number of benzene rings is 2. The first-order chi connectivity index (χ1) is 13.1. The number of aromatic hydroxyl groups is 1. The molecule has 2 aromatic rings. The molecule has 0 fully saturated rings. The number of carbonyl (C=O) groups is 1. The summed E-state index contributed by atoms with van der Waals surface area (Å²) in [5, 5.41) is 30.2. The lowest BCUT2D eigenvalue weighted by atomic mass is 10.0. The lowest BCUT2D eigenvalue weighted by molar-refractivity contribution is -0.0484. The minimum absolute atomic E-state index is 0.0923. The number of nitriles is 1. The zero-order valence-corrected chi connectivity index (χ0v) is 15.0. The van der Waals surface area contributed by atoms with Crippen LogP contribution in [0.1, 0.15) is 30.6 Å². The van der Waals surface area contributed by atoms with Gasteiger partial charge in [-0.2, -0.15) is 5.26 Å². The molecule has 7 heteroatoms. The number of phenolic OH excluding ortho intramolecular Hbond substituents is 1. The second-order valence-electron chi connectivity index (χ2n) is 5.74. The second-order valence-corrected chi connectivity index (χ2v) is 5.74. The van der Waals surface area contributed by atoms with Gasteiger partial charge in [-0.25, -0.2) is 4.79 Å². The van der Waals surface area contributed by atoms with Crippen LogP contribution in [0.15, 0.2) is 48.5 Å². The maximum atomic E-state index is 12.4. The van der Waals surface area contributed by atoms with Gasteiger partial charge in [0.15, 0.2) is 6.10 Å². The third-order valence-corrected chi connectivity index (χ3v) is 3.85. The van der Waals surface area contributed by atoms with E-state index in [1.54, 1.807) is 36.4 Å². The minimum atomic E-state index is -0.768. The lowest BCUT2D eigenvalue weighted by Crippen LogP contribution is -2.29. The molecule has 0 aromatic heterocycles. The fourth-order valence-electron chi connectivity index (χ4n) is 2.58. The SMILES string of the molecule is CCO[C@@H](CCO)[C@@H](OC(=O)Nc1ccc(C#N)cc1)c1ccc(O)cc1. The molecule has 0 radical (unpaired) electrons. The monoisotopic (exact) mass is 370 g/mol. The quantitative estimate of drug-likeness (QED) is 0.657. The molecule has 3 N–H and O–H groups in total. The average molecular weight is 370 g/mol. The van der Waals surface area contributed by atoms with E-state index in [2.05, 4.69) is 5.32 Å². The number of aliphatic hydroxyl groups is 1. The van der Waals surface area contributed by atoms with Crippen molar-refractivity contribution < 1.29 is 24.5 Å². The van der Waals surface area contributed by atoms with E-state index in [1.165, 1.54) is 12.1 Å². The lowest BCUT2D eigenvalue weighted by Gasteiger charge is -2.27. The number of nitrogens with one attached hydrogen (secondary N) is 1. The molecule has 0 unspecified atom stereocenters. The average Bonchev–Trinajstić information content (AvgIpc) is 2.67. The molecule has 0 aliphatic carbocycles. The highest BCUT2D eigenvalue weighted by Gasteiger charge is 2.27. The Kier molecular flexibility index (Phi) is 7.62. The van der Waals surface area contributed by atoms with Crippen LogP contribution in [0.25, 0.3) is 0 Å². The highest BCUT2D eigenvalue weighted by atomic mass is 16.6. The number of anilines is 1. The Bertz CT molecular complexity index is 762. The third kappa shape index (κ3) is 5.99. The Balaban J connectivity index is 2.17. The minimum Gasteiger partial charge on any atom is -0.508 e. The van der Waals surface area contributed by atoms with Crippen LogP contribution < -0.4 is 5.32 Å². The van der Waals surface area contributed by atoms with E-state index in [-0.39, 0.29) is 18.8 Å². The normalized spacial score (nSPS) is 12.6. The first-order valence-electron chi connectivity index (χ1n) is 8.56. The van der Waals surface area contributed by atoms with E-state index >= 15 is 0 Å². The molecule has 0 saturated carbocycles. The molecule has 1 amide bonds. The van der Waals surface area contributed by atoms with Gasteiger partial charge in [-0.1, -0.05) is 12.1 Å². The molecule has 27 heavy (non-hydrogen) atoms. The van der Waals surface area contributed by atoms with Crippen molar-refractivity contribution in [1.29, 1.82) is 5.26 Å². The van der Waals surface area contributed by atoms with Crippen molar-refractivity contribution in [3.8, 4) is 11.8 Å². The van der Waals surface area contributed by atoms with Crippen molar-refractivity contribution in [2.75, 3.05) is 18.5 Å². The summed E-state index contributed by atoms with van der Waals surface area (Å²) in [7, 11) is 0. The Morgan fingerprint density at radius 3 is 2.41 bits per heavy atom. The molecule has 2 aromatic carbocycles. The zero-order chi connectivity index (χ0) is 19.6. The fraction of sp³-hybridized carbons (Fsp3) is 0.300. The summed E-state index contributed by atoms with van der Waals surface area (Å²) >= 11 is 0. The summed E-state index contributed by atoms with van der Waals surface area (Å²) in [6, 6.07) is 14.6. The van der Waals surface area contributed by atoms with Crippen molar-refractivity contribution >= 4 is 11.8 Å². The smallest absolute Gasteiger partial charge is 0.412 e. The van der Waals surface area contributed by atoms with Crippen LogP contribution in [0.2, 0.25) is 0 Å². The summed E-state index contributed by atoms with van der Waals surface area (Å²) in [4.78, 5) is 12.4. The topological polar surface area (TPSA) is 112 Å². The molecule has 0 aliphatic heterocycles. The van der Waals surface area contributed by atoms with Crippen molar-refractivity contribution in [2.24, 2.45) is 0 Å². The van der Waals surface area contributed by atoms with Crippen molar-refractivity contribution in [3.63, 3.8) is 0 Å². The highest BCUT2D eigenvalue weighted by molar-refractivity contribution is 5.84. The van der Waals surface area contributed by atoms with Gasteiger partial charge < -0.3 is 19.7 Å². The van der Waals surface area contributed by atoms with Gasteiger partial charge in [-0.15, -0.1) is 0 Å². The first kappa shape index (κ1) is 20.2. The van der Waals surface area contributed by atoms with E-state index in [4.69, 9.17) is 14.7 Å². The predicted octanol–water partition coefficient (Wildman–Crippen LogP) is 3.34. The Hall–Kier alpha value is -3.08. The third-order valence-electron chi connectivity index (χ3n) is 3.85. The molecule has 2 rings (SSSR count). The van der Waals surface area contributed by atoms with Crippen LogP contribution in [0.4, 0.5) is 10.5 Å². The second kappa shape index (κ2) is 10.2. The summed E-state index contributed by atoms with van der Waals surface area (Å²) in [5.74, 6) is 0.0923. The van der Waals surface area contributed by atoms with Gasteiger partial charge in [0, 0.05) is 25.3 Å². The maximum absolute atomic E-state index is 12.4. The molecule has 7 nitrogen and oxygen atoms in total. The Labute approximate surface area is 157 Å². The van der Waals surface area contributed by atoms with Crippen LogP contribution in [0, 0.1) is 11.3 Å². The Morgan fingerprint density at radius 1 is 1.19 bits per heavy atom. The number of amides is 1. The molecular formula is C20H22N2O5. The number of rotatable bonds is 8. The molecule has 0 aliphatic rings. The van der Waals surface area contributed by atoms with Gasteiger partial charge in [-0.05, 0) is 48.9 Å². The highest BCUT2D eigenvalue weighted by Crippen LogP contribution is 2.28. The molecule has 2 atom stereocenters. The molecule has 142 valence electrons. The molecule has 0 bridgehead atoms. The molecule has 0 saturated heterocycles. The van der Waals surface area contributed by atoms with Crippen LogP contribution in [0.5, 0.6) is 5.75 Å². The predicted molar refractivity (Wildman–Crippen MR) is 99.2 cm³/mol. The van der Waals surface area contributed by atoms with Gasteiger partial charge >= 0.3 is 6.09 Å². The van der Waals surface area contributed by atoms with Crippen molar-refractivity contribution in [1.82, 2.24) is 0 Å². The van der Waals surface area contributed by atoms with E-state index in [9.17, 15) is 15.0 Å². The fourth-order valence-corrected chi connectivity index (χ4v) is 2.58. The van der Waals surface area contributed by atoms with Crippen LogP contribution in [-0.2, 0) is 9.47 Å². The number of carbonyl (C=O) groups excluding carboxylic acids is 1. The number of aliphatic hydroxyl groups excluding tert-OH is 1. The molecule has 0 heterocycles. The number of hydrogen-bond acceptors (Lipinski definition) is 6. The van der Waals surface area contributed by atoms with Crippen LogP contribution in [0.3, 0.4) is 0 Å². The van der Waals surface area contributed by atoms with Crippen molar-refractivity contribution in [2.45, 2.75) is 25.6 Å². The zero-order valence-electron chi connectivity index (χ0n) is 15.0. The van der Waals surface area contributed by atoms with E-state index in [0.717, 1.165) is 0 Å². The summed E-state index contributed by atoms with van der Waals surface area (Å²) in [6.45, 7) is 2.08. The number of phenols is 1. The van der Waals surface area contributed by atoms with E-state index in [1.807, 2.05) is 13.0 Å². The van der Waals surface area contributed by atoms with Gasteiger partial charge in [0.2, 0.25) is 0 Å². The standard InChI is InChI=1S/C20H22N2O5/c1-2-26-18(11-12-23)19(15-5-9-17(24)10-6-15)27-20(25)22-16-7-3-14(13-21)4-8-16/h3-10,18-19,23-24H,2,11-12H2,1H3,(H,22,25)/t18-,19-/m0/s1. The van der Waals surface area contributed by atoms with Gasteiger partial charge in [-0.3, -0.25) is 5.32 Å².